The smallest absolute Gasteiger partial charge is 0.300 e. The molecule has 14 rings (SSSR count). The average molecular weight is 803 g/mol. The highest BCUT2D eigenvalue weighted by atomic mass is 32.2. The Kier molecular flexibility index (Phi) is 6.92. The summed E-state index contributed by atoms with van der Waals surface area (Å²) >= 11 is 0. The van der Waals surface area contributed by atoms with Crippen molar-refractivity contribution in [3.63, 3.8) is 0 Å². The summed E-state index contributed by atoms with van der Waals surface area (Å²) in [5.41, 5.74) is 3.36. The maximum Gasteiger partial charge on any atom is 0.300 e. The summed E-state index contributed by atoms with van der Waals surface area (Å²) in [5.74, 6) is 4.72. The summed E-state index contributed by atoms with van der Waals surface area (Å²) in [5, 5.41) is 0. The minimum Gasteiger partial charge on any atom is -0.450 e. The Hall–Kier alpha value is -2.13. The van der Waals surface area contributed by atoms with Gasteiger partial charge in [0.2, 0.25) is 17.4 Å². The van der Waals surface area contributed by atoms with Crippen molar-refractivity contribution in [2.45, 2.75) is 119 Å². The lowest BCUT2D eigenvalue weighted by Gasteiger charge is -2.42. The first kappa shape index (κ1) is 34.6. The Labute approximate surface area is 333 Å². The fourth-order valence-corrected chi connectivity index (χ4v) is 21.0. The van der Waals surface area contributed by atoms with Crippen LogP contribution in [0.5, 0.6) is 11.5 Å². The SMILES string of the molecule is O=S(=O)(O)c1c(F)c(F)c(Oc2c(C3CC4CC3C3C5CCC(C5)C43)cc(C3CC4CC3C3C5CCC(C5)C43)cc2C2CC3CC2C2C4CCC(C4)C32)c(F)c1F. The molecule has 12 saturated carbocycles. The van der Waals surface area contributed by atoms with Crippen LogP contribution < -0.4 is 4.74 Å². The second kappa shape index (κ2) is 11.4. The number of benzene rings is 2. The molecule has 0 radical (unpaired) electrons. The molecule has 4 nitrogen and oxygen atoms in total. The van der Waals surface area contributed by atoms with Crippen molar-refractivity contribution in [1.29, 1.82) is 0 Å². The molecule has 0 aromatic heterocycles. The first-order valence-corrected chi connectivity index (χ1v) is 24.6. The number of ether oxygens (including phenoxy) is 1. The molecule has 9 heteroatoms. The fraction of sp³-hybridized carbons (Fsp3) is 0.750. The Morgan fingerprint density at radius 1 is 0.456 bits per heavy atom. The summed E-state index contributed by atoms with van der Waals surface area (Å²) < 4.78 is 103. The molecule has 21 unspecified atom stereocenters. The topological polar surface area (TPSA) is 63.6 Å². The Balaban J connectivity index is 0.950. The van der Waals surface area contributed by atoms with E-state index in [9.17, 15) is 13.0 Å². The van der Waals surface area contributed by atoms with E-state index in [0.717, 1.165) is 89.1 Å². The van der Waals surface area contributed by atoms with Gasteiger partial charge in [0.05, 0.1) is 0 Å². The van der Waals surface area contributed by atoms with Gasteiger partial charge >= 0.3 is 10.1 Å². The lowest BCUT2D eigenvalue weighted by atomic mass is 9.63. The molecule has 21 atom stereocenters. The van der Waals surface area contributed by atoms with Gasteiger partial charge in [-0.15, -0.1) is 0 Å². The standard InChI is InChI=1S/C48H54F4O4S/c49-42-44(51)48(57(53,54)55)45(52)43(50)47(42)56-46-34(29-13-26-16-32(29)40-22-5-2-19(8-22)37(26)40)10-24(28-12-25-15-31(28)39-21-4-1-18(7-21)36(25)39)11-35(46)30-14-27-17-33(30)41-23-6-3-20(9-23)38(27)41/h10-11,18-23,25-33,36-41H,1-9,12-17H2,(H,53,54,55). The molecule has 304 valence electrons. The van der Waals surface area contributed by atoms with Gasteiger partial charge in [-0.3, -0.25) is 4.55 Å². The summed E-state index contributed by atoms with van der Waals surface area (Å²) in [6.45, 7) is 0. The quantitative estimate of drug-likeness (QED) is 0.137. The van der Waals surface area contributed by atoms with Gasteiger partial charge in [0.25, 0.3) is 0 Å². The summed E-state index contributed by atoms with van der Waals surface area (Å²) in [7, 11) is -5.59. The molecular weight excluding hydrogens is 749 g/mol. The lowest BCUT2D eigenvalue weighted by molar-refractivity contribution is 0.126. The summed E-state index contributed by atoms with van der Waals surface area (Å²) in [6.07, 6.45) is 19.0. The number of rotatable bonds is 6. The van der Waals surface area contributed by atoms with Gasteiger partial charge in [0.15, 0.2) is 16.5 Å². The zero-order valence-corrected chi connectivity index (χ0v) is 33.3. The molecule has 12 aliphatic rings. The van der Waals surface area contributed by atoms with Crippen LogP contribution in [0.3, 0.4) is 0 Å². The maximum atomic E-state index is 16.1. The van der Waals surface area contributed by atoms with Gasteiger partial charge in [-0.25, -0.2) is 8.78 Å². The second-order valence-corrected chi connectivity index (χ2v) is 23.8. The van der Waals surface area contributed by atoms with Crippen molar-refractivity contribution in [3.8, 4) is 11.5 Å². The molecule has 57 heavy (non-hydrogen) atoms. The highest BCUT2D eigenvalue weighted by Gasteiger charge is 2.66. The molecule has 12 bridgehead atoms. The van der Waals surface area contributed by atoms with E-state index in [0.29, 0.717) is 53.1 Å². The van der Waals surface area contributed by atoms with Gasteiger partial charge in [-0.1, -0.05) is 12.1 Å². The molecule has 1 N–H and O–H groups in total. The van der Waals surface area contributed by atoms with E-state index in [4.69, 9.17) is 4.74 Å². The van der Waals surface area contributed by atoms with E-state index in [1.54, 1.807) is 0 Å². The van der Waals surface area contributed by atoms with Crippen LogP contribution in [-0.2, 0) is 10.1 Å². The molecule has 2 aromatic rings. The van der Waals surface area contributed by atoms with Crippen LogP contribution in [0.15, 0.2) is 17.0 Å². The molecule has 0 aliphatic heterocycles. The highest BCUT2D eigenvalue weighted by molar-refractivity contribution is 7.85. The van der Waals surface area contributed by atoms with E-state index in [1.807, 2.05) is 0 Å². The Bertz CT molecular complexity index is 2140. The third-order valence-electron chi connectivity index (χ3n) is 21.2. The number of hydrogen-bond donors (Lipinski definition) is 1. The normalized spacial score (nSPS) is 50.9. The van der Waals surface area contributed by atoms with Gasteiger partial charge in [0, 0.05) is 0 Å². The van der Waals surface area contributed by atoms with Gasteiger partial charge in [-0.05, 0) is 237 Å². The second-order valence-electron chi connectivity index (χ2n) is 22.5. The molecule has 0 amide bonds. The van der Waals surface area contributed by atoms with E-state index >= 15 is 17.6 Å². The fourth-order valence-electron chi connectivity index (χ4n) is 20.4. The molecule has 0 saturated heterocycles. The van der Waals surface area contributed by atoms with Crippen molar-refractivity contribution in [2.75, 3.05) is 0 Å². The zero-order valence-electron chi connectivity index (χ0n) is 32.5. The first-order chi connectivity index (χ1) is 27.5. The van der Waals surface area contributed by atoms with Gasteiger partial charge in [-0.2, -0.15) is 17.2 Å². The van der Waals surface area contributed by atoms with Gasteiger partial charge < -0.3 is 4.74 Å². The zero-order chi connectivity index (χ0) is 38.1. The third kappa shape index (κ3) is 4.33. The largest absolute Gasteiger partial charge is 0.450 e. The minimum atomic E-state index is -5.59. The molecule has 12 aliphatic carbocycles. The van der Waals surface area contributed by atoms with Gasteiger partial charge in [0.1, 0.15) is 5.75 Å². The molecule has 2 aromatic carbocycles. The summed E-state index contributed by atoms with van der Waals surface area (Å²) in [6, 6.07) is 4.73. The van der Waals surface area contributed by atoms with Crippen LogP contribution in [-0.4, -0.2) is 13.0 Å². The van der Waals surface area contributed by atoms with E-state index < -0.39 is 44.0 Å². The maximum absolute atomic E-state index is 16.1. The molecule has 12 fully saturated rings. The predicted molar refractivity (Wildman–Crippen MR) is 203 cm³/mol. The van der Waals surface area contributed by atoms with Crippen LogP contribution in [0.1, 0.15) is 131 Å². The summed E-state index contributed by atoms with van der Waals surface area (Å²) in [4.78, 5) is -2.01. The van der Waals surface area contributed by atoms with Crippen molar-refractivity contribution in [3.05, 3.63) is 52.1 Å². The highest BCUT2D eigenvalue weighted by Crippen LogP contribution is 2.75. The third-order valence-corrected chi connectivity index (χ3v) is 22.1. The van der Waals surface area contributed by atoms with Crippen LogP contribution in [0, 0.1) is 130 Å². The van der Waals surface area contributed by atoms with Crippen LogP contribution in [0.4, 0.5) is 17.6 Å². The number of hydrogen-bond acceptors (Lipinski definition) is 3. The molecular formula is C48H54F4O4S. The first-order valence-electron chi connectivity index (χ1n) is 23.2. The minimum absolute atomic E-state index is 0.143. The number of fused-ring (bicyclic) bond motifs is 27. The predicted octanol–water partition coefficient (Wildman–Crippen LogP) is 11.6. The van der Waals surface area contributed by atoms with E-state index in [1.165, 1.54) is 89.0 Å². The van der Waals surface area contributed by atoms with Crippen molar-refractivity contribution in [2.24, 2.45) is 107 Å². The van der Waals surface area contributed by atoms with Crippen molar-refractivity contribution in [1.82, 2.24) is 0 Å². The lowest BCUT2D eigenvalue weighted by Crippen LogP contribution is -2.33. The van der Waals surface area contributed by atoms with Crippen molar-refractivity contribution >= 4 is 10.1 Å². The Morgan fingerprint density at radius 3 is 1.23 bits per heavy atom. The number of halogens is 4. The monoisotopic (exact) mass is 802 g/mol. The van der Waals surface area contributed by atoms with E-state index in [2.05, 4.69) is 12.1 Å². The van der Waals surface area contributed by atoms with E-state index in [-0.39, 0.29) is 11.8 Å². The van der Waals surface area contributed by atoms with Crippen LogP contribution >= 0.6 is 0 Å². The average Bonchev–Trinajstić information content (AvgIpc) is 4.03. The van der Waals surface area contributed by atoms with Crippen LogP contribution in [0.2, 0.25) is 0 Å². The molecule has 0 heterocycles. The van der Waals surface area contributed by atoms with Crippen LogP contribution in [0.25, 0.3) is 0 Å². The molecule has 0 spiro atoms. The van der Waals surface area contributed by atoms with Crippen molar-refractivity contribution < 1.29 is 35.3 Å². The Morgan fingerprint density at radius 2 is 0.825 bits per heavy atom.